The predicted molar refractivity (Wildman–Crippen MR) is 161 cm³/mol. The largest absolute Gasteiger partial charge is 0.497 e. The molecule has 11 nitrogen and oxygen atoms in total. The average molecular weight is 579 g/mol. The Balaban J connectivity index is 1.29. The van der Waals surface area contributed by atoms with E-state index in [0.717, 1.165) is 42.7 Å². The van der Waals surface area contributed by atoms with Gasteiger partial charge in [0.1, 0.15) is 5.75 Å². The second-order valence-electron chi connectivity index (χ2n) is 11.2. The SMILES string of the molecule is COc1ccc(CC(=O)Nc2cc(C(=O)NC3CCC(N)CC3)ccc2N2CCN(C(=O)N3CCOCC3)CC2)cc1. The zero-order chi connectivity index (χ0) is 29.5. The smallest absolute Gasteiger partial charge is 0.320 e. The van der Waals surface area contributed by atoms with Crippen LogP contribution in [0.3, 0.4) is 0 Å². The van der Waals surface area contributed by atoms with Gasteiger partial charge in [0.25, 0.3) is 5.91 Å². The molecule has 4 N–H and O–H groups in total. The fourth-order valence-corrected chi connectivity index (χ4v) is 5.80. The number of piperazine rings is 1. The summed E-state index contributed by atoms with van der Waals surface area (Å²) in [4.78, 5) is 45.2. The van der Waals surface area contributed by atoms with Gasteiger partial charge in [0.05, 0.1) is 38.1 Å². The quantitative estimate of drug-likeness (QED) is 0.460. The molecule has 0 atom stereocenters. The summed E-state index contributed by atoms with van der Waals surface area (Å²) >= 11 is 0. The van der Waals surface area contributed by atoms with Crippen LogP contribution in [0.4, 0.5) is 16.2 Å². The summed E-state index contributed by atoms with van der Waals surface area (Å²) in [5, 5.41) is 6.21. The molecular weight excluding hydrogens is 536 g/mol. The molecule has 0 spiro atoms. The number of nitrogens with two attached hydrogens (primary N) is 1. The molecule has 2 aromatic rings. The van der Waals surface area contributed by atoms with Crippen LogP contribution in [-0.2, 0) is 16.0 Å². The Morgan fingerprint density at radius 2 is 1.57 bits per heavy atom. The summed E-state index contributed by atoms with van der Waals surface area (Å²) in [6, 6.07) is 13.2. The van der Waals surface area contributed by atoms with Crippen molar-refractivity contribution in [3.8, 4) is 5.75 Å². The summed E-state index contributed by atoms with van der Waals surface area (Å²) in [5.74, 6) is 0.390. The van der Waals surface area contributed by atoms with E-state index in [1.165, 1.54) is 0 Å². The first-order valence-electron chi connectivity index (χ1n) is 14.9. The van der Waals surface area contributed by atoms with E-state index < -0.39 is 0 Å². The predicted octanol–water partition coefficient (Wildman–Crippen LogP) is 2.45. The lowest BCUT2D eigenvalue weighted by Crippen LogP contribution is -2.55. The molecule has 4 amide bonds. The van der Waals surface area contributed by atoms with Gasteiger partial charge in [0, 0.05) is 56.9 Å². The molecule has 1 saturated carbocycles. The van der Waals surface area contributed by atoms with Crippen molar-refractivity contribution < 1.29 is 23.9 Å². The number of morpholine rings is 1. The number of amides is 4. The molecule has 42 heavy (non-hydrogen) atoms. The summed E-state index contributed by atoms with van der Waals surface area (Å²) in [6.07, 6.45) is 3.71. The van der Waals surface area contributed by atoms with Gasteiger partial charge >= 0.3 is 6.03 Å². The van der Waals surface area contributed by atoms with Crippen molar-refractivity contribution in [2.24, 2.45) is 5.73 Å². The number of nitrogens with one attached hydrogen (secondary N) is 2. The standard InChI is InChI=1S/C31H42N6O5/c1-41-26-9-2-22(3-10-26)20-29(38)34-27-21-23(30(39)33-25-7-5-24(32)6-8-25)4-11-28(27)35-12-14-36(15-13-35)31(40)37-16-18-42-19-17-37/h2-4,9-11,21,24-25H,5-8,12-20,32H2,1H3,(H,33,39)(H,34,38). The zero-order valence-corrected chi connectivity index (χ0v) is 24.3. The zero-order valence-electron chi connectivity index (χ0n) is 24.3. The molecule has 3 fully saturated rings. The Morgan fingerprint density at radius 1 is 0.905 bits per heavy atom. The van der Waals surface area contributed by atoms with E-state index in [-0.39, 0.29) is 36.3 Å². The van der Waals surface area contributed by atoms with Crippen molar-refractivity contribution in [3.63, 3.8) is 0 Å². The highest BCUT2D eigenvalue weighted by Crippen LogP contribution is 2.29. The first-order valence-corrected chi connectivity index (χ1v) is 14.9. The number of nitrogens with zero attached hydrogens (tertiary/aromatic N) is 3. The van der Waals surface area contributed by atoms with E-state index in [1.807, 2.05) is 46.2 Å². The number of anilines is 2. The van der Waals surface area contributed by atoms with Crippen LogP contribution in [0.25, 0.3) is 0 Å². The molecular formula is C31H42N6O5. The minimum Gasteiger partial charge on any atom is -0.497 e. The van der Waals surface area contributed by atoms with Crippen LogP contribution >= 0.6 is 0 Å². The van der Waals surface area contributed by atoms with Crippen molar-refractivity contribution >= 4 is 29.2 Å². The number of ether oxygens (including phenoxy) is 2. The van der Waals surface area contributed by atoms with E-state index in [1.54, 1.807) is 13.2 Å². The minimum atomic E-state index is -0.179. The number of hydrogen-bond acceptors (Lipinski definition) is 7. The van der Waals surface area contributed by atoms with Gasteiger partial charge in [0.15, 0.2) is 0 Å². The molecule has 5 rings (SSSR count). The molecule has 1 aliphatic carbocycles. The third-order valence-electron chi connectivity index (χ3n) is 8.34. The van der Waals surface area contributed by atoms with Gasteiger partial charge in [-0.25, -0.2) is 4.79 Å². The molecule has 2 aliphatic heterocycles. The third kappa shape index (κ3) is 7.51. The van der Waals surface area contributed by atoms with Gasteiger partial charge in [-0.1, -0.05) is 12.1 Å². The van der Waals surface area contributed by atoms with Crippen molar-refractivity contribution in [1.82, 2.24) is 15.1 Å². The first-order chi connectivity index (χ1) is 20.4. The molecule has 226 valence electrons. The van der Waals surface area contributed by atoms with Crippen LogP contribution in [0.1, 0.15) is 41.6 Å². The van der Waals surface area contributed by atoms with Gasteiger partial charge in [-0.3, -0.25) is 9.59 Å². The highest BCUT2D eigenvalue weighted by molar-refractivity contribution is 6.00. The van der Waals surface area contributed by atoms with Crippen LogP contribution < -0.4 is 26.0 Å². The fraction of sp³-hybridized carbons (Fsp3) is 0.516. The maximum Gasteiger partial charge on any atom is 0.320 e. The van der Waals surface area contributed by atoms with E-state index in [4.69, 9.17) is 15.2 Å². The number of urea groups is 1. The topological polar surface area (TPSA) is 129 Å². The lowest BCUT2D eigenvalue weighted by atomic mass is 9.91. The lowest BCUT2D eigenvalue weighted by Gasteiger charge is -2.39. The van der Waals surface area contributed by atoms with E-state index >= 15 is 0 Å². The molecule has 2 aromatic carbocycles. The van der Waals surface area contributed by atoms with Gasteiger partial charge in [-0.2, -0.15) is 0 Å². The monoisotopic (exact) mass is 578 g/mol. The summed E-state index contributed by atoms with van der Waals surface area (Å²) in [6.45, 7) is 4.74. The van der Waals surface area contributed by atoms with Crippen LogP contribution in [0.15, 0.2) is 42.5 Å². The Morgan fingerprint density at radius 3 is 2.24 bits per heavy atom. The lowest BCUT2D eigenvalue weighted by molar-refractivity contribution is -0.115. The number of hydrogen-bond donors (Lipinski definition) is 3. The van der Waals surface area contributed by atoms with Crippen molar-refractivity contribution in [2.45, 2.75) is 44.2 Å². The van der Waals surface area contributed by atoms with Crippen molar-refractivity contribution in [3.05, 3.63) is 53.6 Å². The number of rotatable bonds is 7. The second kappa shape index (κ2) is 13.9. The molecule has 0 radical (unpaired) electrons. The van der Waals surface area contributed by atoms with Crippen LogP contribution in [0.2, 0.25) is 0 Å². The summed E-state index contributed by atoms with van der Waals surface area (Å²) in [5.41, 5.74) is 8.80. The van der Waals surface area contributed by atoms with Crippen molar-refractivity contribution in [2.75, 3.05) is 69.8 Å². The highest BCUT2D eigenvalue weighted by Gasteiger charge is 2.28. The van der Waals surface area contributed by atoms with Crippen LogP contribution in [-0.4, -0.2) is 99.3 Å². The van der Waals surface area contributed by atoms with Gasteiger partial charge in [0.2, 0.25) is 5.91 Å². The van der Waals surface area contributed by atoms with Crippen LogP contribution in [0, 0.1) is 0 Å². The number of carbonyl (C=O) groups is 3. The Labute approximate surface area is 247 Å². The number of carbonyl (C=O) groups excluding carboxylic acids is 3. The maximum atomic E-state index is 13.2. The maximum absolute atomic E-state index is 13.2. The molecule has 0 aromatic heterocycles. The molecule has 2 saturated heterocycles. The first kappa shape index (κ1) is 29.7. The van der Waals surface area contributed by atoms with Crippen molar-refractivity contribution in [1.29, 1.82) is 0 Å². The molecule has 0 unspecified atom stereocenters. The highest BCUT2D eigenvalue weighted by atomic mass is 16.5. The van der Waals surface area contributed by atoms with Gasteiger partial charge < -0.3 is 40.5 Å². The molecule has 11 heteroatoms. The van der Waals surface area contributed by atoms with E-state index in [0.29, 0.717) is 63.7 Å². The van der Waals surface area contributed by atoms with E-state index in [2.05, 4.69) is 15.5 Å². The molecule has 0 bridgehead atoms. The Kier molecular flexibility index (Phi) is 9.81. The number of methoxy groups -OCH3 is 1. The van der Waals surface area contributed by atoms with Crippen LogP contribution in [0.5, 0.6) is 5.75 Å². The summed E-state index contributed by atoms with van der Waals surface area (Å²) < 4.78 is 10.6. The fourth-order valence-electron chi connectivity index (χ4n) is 5.80. The number of benzene rings is 2. The van der Waals surface area contributed by atoms with E-state index in [9.17, 15) is 14.4 Å². The summed E-state index contributed by atoms with van der Waals surface area (Å²) in [7, 11) is 1.61. The van der Waals surface area contributed by atoms with Gasteiger partial charge in [-0.05, 0) is 61.6 Å². The third-order valence-corrected chi connectivity index (χ3v) is 8.34. The molecule has 2 heterocycles. The molecule has 3 aliphatic rings. The minimum absolute atomic E-state index is 0.0432. The Hall–Kier alpha value is -3.83. The average Bonchev–Trinajstić information content (AvgIpc) is 3.02. The second-order valence-corrected chi connectivity index (χ2v) is 11.2. The normalized spacial score (nSPS) is 21.0. The Bertz CT molecular complexity index is 1230. The van der Waals surface area contributed by atoms with Gasteiger partial charge in [-0.15, -0.1) is 0 Å².